The molecule has 0 saturated carbocycles. The number of piperazine rings is 1. The Kier molecular flexibility index (Phi) is 7.94. The van der Waals surface area contributed by atoms with Crippen LogP contribution in [0.4, 0.5) is 11.4 Å². The number of hydrogen-bond acceptors (Lipinski definition) is 8. The fraction of sp³-hybridized carbons (Fsp3) is 0.382. The summed E-state index contributed by atoms with van der Waals surface area (Å²) in [6.45, 7) is 9.65. The van der Waals surface area contributed by atoms with Crippen LogP contribution in [0, 0.1) is 29.6 Å². The molecule has 2 N–H and O–H groups in total. The molecule has 10 heteroatoms. The van der Waals surface area contributed by atoms with Gasteiger partial charge in [-0.1, -0.05) is 36.9 Å². The molecular weight excluding hydrogens is 552 g/mol. The summed E-state index contributed by atoms with van der Waals surface area (Å²) in [6.07, 6.45) is 2.45. The molecule has 1 atom stereocenters. The molecule has 0 unspecified atom stereocenters. The monoisotopic (exact) mass is 588 g/mol. The lowest BCUT2D eigenvalue weighted by molar-refractivity contribution is -0.128. The van der Waals surface area contributed by atoms with E-state index in [1.807, 2.05) is 6.07 Å². The Morgan fingerprint density at radius 3 is 2.61 bits per heavy atom. The minimum atomic E-state index is -0.606. The van der Waals surface area contributed by atoms with Crippen LogP contribution in [0.15, 0.2) is 55.1 Å². The second-order valence-corrected chi connectivity index (χ2v) is 11.9. The quantitative estimate of drug-likeness (QED) is 0.403. The van der Waals surface area contributed by atoms with Crippen molar-refractivity contribution in [1.29, 1.82) is 10.5 Å². The Hall–Kier alpha value is -4.93. The molecule has 0 bridgehead atoms. The standard InChI is InChI=1S/C34H36N8O2/c1-3-31(43)42-17-16-41(19-25(42)10-13-35)30-18-27(33(44)39-34(12-14-36)21-37-22-34)38-28-20-40(15-11-26(28)30)29-9-5-8-24-7-4-6-23(2)32(24)29/h3-9,18,25,37H,1,10-12,15-17,19-22H2,2H3,(H,39,44)/t25-/m0/s1. The van der Waals surface area contributed by atoms with E-state index in [-0.39, 0.29) is 30.7 Å². The normalized spacial score (nSPS) is 18.9. The summed E-state index contributed by atoms with van der Waals surface area (Å²) in [5.41, 5.74) is 4.90. The molecule has 2 saturated heterocycles. The molecule has 6 rings (SSSR count). The van der Waals surface area contributed by atoms with Crippen molar-refractivity contribution in [3.63, 3.8) is 0 Å². The molecule has 10 nitrogen and oxygen atoms in total. The summed E-state index contributed by atoms with van der Waals surface area (Å²) in [4.78, 5) is 37.5. The van der Waals surface area contributed by atoms with E-state index in [1.54, 1.807) is 4.90 Å². The largest absolute Gasteiger partial charge is 0.367 e. The average molecular weight is 589 g/mol. The van der Waals surface area contributed by atoms with Gasteiger partial charge in [0.25, 0.3) is 5.91 Å². The smallest absolute Gasteiger partial charge is 0.270 e. The van der Waals surface area contributed by atoms with Crippen LogP contribution in [0.2, 0.25) is 0 Å². The van der Waals surface area contributed by atoms with Crippen molar-refractivity contribution in [2.45, 2.75) is 44.3 Å². The molecule has 1 aromatic heterocycles. The lowest BCUT2D eigenvalue weighted by Gasteiger charge is -2.43. The first-order valence-electron chi connectivity index (χ1n) is 15.1. The van der Waals surface area contributed by atoms with Gasteiger partial charge in [-0.05, 0) is 42.5 Å². The molecule has 0 radical (unpaired) electrons. The molecule has 224 valence electrons. The Morgan fingerprint density at radius 2 is 1.91 bits per heavy atom. The van der Waals surface area contributed by atoms with Gasteiger partial charge in [0, 0.05) is 61.6 Å². The highest BCUT2D eigenvalue weighted by Gasteiger charge is 2.39. The molecule has 4 heterocycles. The maximum Gasteiger partial charge on any atom is 0.270 e. The van der Waals surface area contributed by atoms with Crippen LogP contribution >= 0.6 is 0 Å². The summed E-state index contributed by atoms with van der Waals surface area (Å²) >= 11 is 0. The van der Waals surface area contributed by atoms with Gasteiger partial charge in [0.1, 0.15) is 5.69 Å². The van der Waals surface area contributed by atoms with E-state index in [0.29, 0.717) is 45.0 Å². The van der Waals surface area contributed by atoms with Crippen molar-refractivity contribution in [3.8, 4) is 12.1 Å². The lowest BCUT2D eigenvalue weighted by atomic mass is 9.89. The Labute approximate surface area is 257 Å². The maximum absolute atomic E-state index is 13.7. The molecule has 2 aromatic carbocycles. The average Bonchev–Trinajstić information content (AvgIpc) is 3.02. The Balaban J connectivity index is 1.38. The second kappa shape index (κ2) is 12.0. The molecule has 3 aliphatic heterocycles. The van der Waals surface area contributed by atoms with Crippen molar-refractivity contribution in [3.05, 3.63) is 77.6 Å². The number of amides is 2. The van der Waals surface area contributed by atoms with Gasteiger partial charge in [-0.3, -0.25) is 9.59 Å². The third-order valence-corrected chi connectivity index (χ3v) is 9.15. The summed E-state index contributed by atoms with van der Waals surface area (Å²) in [5.74, 6) is -0.488. The first-order chi connectivity index (χ1) is 21.4. The highest BCUT2D eigenvalue weighted by molar-refractivity contribution is 5.97. The van der Waals surface area contributed by atoms with Gasteiger partial charge in [-0.15, -0.1) is 0 Å². The van der Waals surface area contributed by atoms with Crippen LogP contribution in [-0.2, 0) is 17.8 Å². The number of pyridine rings is 1. The summed E-state index contributed by atoms with van der Waals surface area (Å²) in [7, 11) is 0. The van der Waals surface area contributed by atoms with Gasteiger partial charge in [-0.25, -0.2) is 4.98 Å². The van der Waals surface area contributed by atoms with Gasteiger partial charge in [0.2, 0.25) is 5.91 Å². The zero-order chi connectivity index (χ0) is 30.8. The van der Waals surface area contributed by atoms with Crippen LogP contribution in [0.1, 0.15) is 40.2 Å². The van der Waals surface area contributed by atoms with Crippen molar-refractivity contribution in [2.75, 3.05) is 49.1 Å². The second-order valence-electron chi connectivity index (χ2n) is 11.9. The van der Waals surface area contributed by atoms with E-state index < -0.39 is 5.54 Å². The van der Waals surface area contributed by atoms with Gasteiger partial charge < -0.3 is 25.3 Å². The van der Waals surface area contributed by atoms with Crippen LogP contribution in [0.25, 0.3) is 10.8 Å². The fourth-order valence-electron chi connectivity index (χ4n) is 6.79. The predicted molar refractivity (Wildman–Crippen MR) is 169 cm³/mol. The number of aromatic nitrogens is 1. The number of carbonyl (C=O) groups is 2. The van der Waals surface area contributed by atoms with Crippen molar-refractivity contribution < 1.29 is 9.59 Å². The zero-order valence-electron chi connectivity index (χ0n) is 25.0. The lowest BCUT2D eigenvalue weighted by Crippen LogP contribution is -2.68. The molecule has 2 fully saturated rings. The first kappa shape index (κ1) is 29.2. The van der Waals surface area contributed by atoms with Gasteiger partial charge >= 0.3 is 0 Å². The van der Waals surface area contributed by atoms with Gasteiger partial charge in [0.05, 0.1) is 48.8 Å². The van der Waals surface area contributed by atoms with Gasteiger partial charge in [-0.2, -0.15) is 10.5 Å². The van der Waals surface area contributed by atoms with E-state index in [4.69, 9.17) is 4.98 Å². The zero-order valence-corrected chi connectivity index (χ0v) is 25.0. The minimum absolute atomic E-state index is 0.181. The summed E-state index contributed by atoms with van der Waals surface area (Å²) in [6, 6.07) is 18.7. The maximum atomic E-state index is 13.7. The molecule has 0 aliphatic carbocycles. The molecule has 3 aromatic rings. The molecular formula is C34H36N8O2. The van der Waals surface area contributed by atoms with Gasteiger partial charge in [0.15, 0.2) is 0 Å². The number of anilines is 2. The number of aryl methyl sites for hydroxylation is 1. The van der Waals surface area contributed by atoms with E-state index in [0.717, 1.165) is 35.6 Å². The third-order valence-electron chi connectivity index (χ3n) is 9.15. The molecule has 0 spiro atoms. The minimum Gasteiger partial charge on any atom is -0.367 e. The third kappa shape index (κ3) is 5.34. The summed E-state index contributed by atoms with van der Waals surface area (Å²) < 4.78 is 0. The van der Waals surface area contributed by atoms with Crippen molar-refractivity contribution >= 4 is 34.0 Å². The number of hydrogen-bond donors (Lipinski definition) is 2. The number of benzene rings is 2. The number of nitriles is 2. The number of fused-ring (bicyclic) bond motifs is 2. The molecule has 3 aliphatic rings. The fourth-order valence-corrected chi connectivity index (χ4v) is 6.79. The summed E-state index contributed by atoms with van der Waals surface area (Å²) in [5, 5.41) is 27.6. The first-order valence-corrected chi connectivity index (χ1v) is 15.1. The highest BCUT2D eigenvalue weighted by atomic mass is 16.2. The van der Waals surface area contributed by atoms with Crippen molar-refractivity contribution in [2.24, 2.45) is 0 Å². The van der Waals surface area contributed by atoms with E-state index >= 15 is 0 Å². The van der Waals surface area contributed by atoms with Crippen LogP contribution in [0.3, 0.4) is 0 Å². The van der Waals surface area contributed by atoms with E-state index in [2.05, 4.69) is 82.5 Å². The Bertz CT molecular complexity index is 1710. The number of nitrogens with zero attached hydrogens (tertiary/aromatic N) is 6. The highest BCUT2D eigenvalue weighted by Crippen LogP contribution is 2.36. The van der Waals surface area contributed by atoms with Crippen LogP contribution < -0.4 is 20.4 Å². The topological polar surface area (TPSA) is 128 Å². The van der Waals surface area contributed by atoms with Crippen molar-refractivity contribution in [1.82, 2.24) is 20.5 Å². The van der Waals surface area contributed by atoms with E-state index in [9.17, 15) is 20.1 Å². The number of rotatable bonds is 7. The molecule has 2 amide bonds. The SMILES string of the molecule is C=CC(=O)N1CCN(c2cc(C(=O)NC3(CC#N)CNC3)nc3c2CCN(c2cccc4cccc(C)c24)C3)C[C@@H]1CC#N. The predicted octanol–water partition coefficient (Wildman–Crippen LogP) is 3.21. The molecule has 44 heavy (non-hydrogen) atoms. The Morgan fingerprint density at radius 1 is 1.11 bits per heavy atom. The van der Waals surface area contributed by atoms with Crippen LogP contribution in [-0.4, -0.2) is 72.5 Å². The number of nitrogens with one attached hydrogen (secondary N) is 2. The van der Waals surface area contributed by atoms with Crippen LogP contribution in [0.5, 0.6) is 0 Å². The van der Waals surface area contributed by atoms with E-state index in [1.165, 1.54) is 22.4 Å². The number of carbonyl (C=O) groups excluding carboxylic acids is 2.